The number of nitriles is 2. The zero-order valence-electron chi connectivity index (χ0n) is 22.3. The molecule has 0 aliphatic rings. The summed E-state index contributed by atoms with van der Waals surface area (Å²) < 4.78 is 12.4. The molecule has 0 saturated carbocycles. The van der Waals surface area contributed by atoms with Crippen LogP contribution in [0.3, 0.4) is 0 Å². The van der Waals surface area contributed by atoms with Gasteiger partial charge in [-0.3, -0.25) is 0 Å². The Balaban J connectivity index is 1.38. The Bertz CT molecular complexity index is 2450. The van der Waals surface area contributed by atoms with Crippen molar-refractivity contribution in [3.8, 4) is 45.5 Å². The summed E-state index contributed by atoms with van der Waals surface area (Å²) in [5, 5.41) is 23.4. The predicted octanol–water partition coefficient (Wildman–Crippen LogP) is 10.2. The second kappa shape index (κ2) is 9.24. The van der Waals surface area contributed by atoms with Crippen LogP contribution in [-0.4, -0.2) is 0 Å². The topological polar surface area (TPSA) is 73.9 Å². The number of furan rings is 2. The van der Waals surface area contributed by atoms with E-state index in [4.69, 9.17) is 8.83 Å². The summed E-state index contributed by atoms with van der Waals surface area (Å²) in [6, 6.07) is 44.6. The van der Waals surface area contributed by atoms with Gasteiger partial charge < -0.3 is 8.83 Å². The Morgan fingerprint density at radius 3 is 2.02 bits per heavy atom. The van der Waals surface area contributed by atoms with Gasteiger partial charge in [0.15, 0.2) is 0 Å². The van der Waals surface area contributed by atoms with Crippen molar-refractivity contribution in [2.45, 2.75) is 0 Å². The highest BCUT2D eigenvalue weighted by Gasteiger charge is 2.18. The van der Waals surface area contributed by atoms with Gasteiger partial charge in [0.2, 0.25) is 0 Å². The van der Waals surface area contributed by atoms with E-state index in [1.807, 2.05) is 72.8 Å². The van der Waals surface area contributed by atoms with Crippen LogP contribution in [0, 0.1) is 22.7 Å². The molecule has 0 unspecified atom stereocenters. The van der Waals surface area contributed by atoms with E-state index in [1.165, 1.54) is 0 Å². The maximum Gasteiger partial charge on any atom is 0.143 e. The van der Waals surface area contributed by atoms with Crippen molar-refractivity contribution in [1.82, 2.24) is 0 Å². The molecule has 0 aliphatic carbocycles. The minimum absolute atomic E-state index is 0.595. The SMILES string of the molecule is N#Cc1ccc2oc3c(-c4ccc(-c5ccc6oc7ccccc7c6c5)c(-c5ccccc5C#N)c4)cccc3c2c1. The van der Waals surface area contributed by atoms with Crippen LogP contribution < -0.4 is 0 Å². The van der Waals surface area contributed by atoms with Gasteiger partial charge in [-0.1, -0.05) is 72.8 Å². The highest BCUT2D eigenvalue weighted by Crippen LogP contribution is 2.42. The largest absolute Gasteiger partial charge is 0.456 e. The van der Waals surface area contributed by atoms with E-state index in [0.717, 1.165) is 77.3 Å². The molecule has 2 heterocycles. The maximum absolute atomic E-state index is 10.0. The van der Waals surface area contributed by atoms with E-state index in [0.29, 0.717) is 11.1 Å². The summed E-state index contributed by atoms with van der Waals surface area (Å²) in [6.07, 6.45) is 0. The van der Waals surface area contributed by atoms with Crippen molar-refractivity contribution < 1.29 is 8.83 Å². The lowest BCUT2D eigenvalue weighted by molar-refractivity contribution is 0.669. The molecule has 4 heteroatoms. The number of benzene rings is 6. The first-order chi connectivity index (χ1) is 20.7. The molecule has 0 atom stereocenters. The van der Waals surface area contributed by atoms with E-state index in [-0.39, 0.29) is 0 Å². The fourth-order valence-corrected chi connectivity index (χ4v) is 5.99. The Morgan fingerprint density at radius 2 is 1.12 bits per heavy atom. The van der Waals surface area contributed by atoms with Gasteiger partial charge in [-0.2, -0.15) is 10.5 Å². The highest BCUT2D eigenvalue weighted by atomic mass is 16.3. The van der Waals surface area contributed by atoms with Crippen molar-refractivity contribution in [2.75, 3.05) is 0 Å². The summed E-state index contributed by atoms with van der Waals surface area (Å²) in [5.74, 6) is 0. The molecule has 0 saturated heterocycles. The fourth-order valence-electron chi connectivity index (χ4n) is 5.99. The van der Waals surface area contributed by atoms with Gasteiger partial charge in [0.1, 0.15) is 22.3 Å². The minimum Gasteiger partial charge on any atom is -0.456 e. The van der Waals surface area contributed by atoms with Crippen LogP contribution in [0.25, 0.3) is 77.3 Å². The third-order valence-electron chi connectivity index (χ3n) is 7.98. The summed E-state index contributed by atoms with van der Waals surface area (Å²) in [6.45, 7) is 0. The van der Waals surface area contributed by atoms with Crippen LogP contribution in [0.1, 0.15) is 11.1 Å². The molecular weight excluding hydrogens is 516 g/mol. The zero-order chi connectivity index (χ0) is 28.2. The van der Waals surface area contributed by atoms with Crippen LogP contribution in [0.15, 0.2) is 130 Å². The maximum atomic E-state index is 10.0. The number of fused-ring (bicyclic) bond motifs is 6. The summed E-state index contributed by atoms with van der Waals surface area (Å²) in [7, 11) is 0. The average Bonchev–Trinajstić information content (AvgIpc) is 3.62. The first kappa shape index (κ1) is 23.8. The van der Waals surface area contributed by atoms with E-state index >= 15 is 0 Å². The van der Waals surface area contributed by atoms with Gasteiger partial charge in [-0.05, 0) is 70.8 Å². The standard InChI is InChI=1S/C38H20N2O2/c39-21-23-12-16-37-33(18-23)31-10-5-9-29(38(31)42-37)25-13-15-28(32(19-25)27-7-2-1-6-26(27)22-40)24-14-17-36-34(20-24)30-8-3-4-11-35(30)41-36/h1-20H. The third kappa shape index (κ3) is 3.60. The molecule has 8 aromatic rings. The van der Waals surface area contributed by atoms with Gasteiger partial charge in [0.05, 0.1) is 23.3 Å². The molecule has 42 heavy (non-hydrogen) atoms. The molecule has 0 bridgehead atoms. The lowest BCUT2D eigenvalue weighted by atomic mass is 9.88. The number of nitrogens with zero attached hydrogens (tertiary/aromatic N) is 2. The van der Waals surface area contributed by atoms with Crippen molar-refractivity contribution in [3.05, 3.63) is 132 Å². The first-order valence-electron chi connectivity index (χ1n) is 13.6. The molecule has 0 radical (unpaired) electrons. The van der Waals surface area contributed by atoms with E-state index in [2.05, 4.69) is 54.6 Å². The number of hydrogen-bond acceptors (Lipinski definition) is 4. The van der Waals surface area contributed by atoms with Crippen LogP contribution >= 0.6 is 0 Å². The molecule has 0 spiro atoms. The van der Waals surface area contributed by atoms with E-state index in [1.54, 1.807) is 6.07 Å². The quantitative estimate of drug-likeness (QED) is 0.225. The molecule has 194 valence electrons. The molecule has 2 aromatic heterocycles. The van der Waals surface area contributed by atoms with E-state index < -0.39 is 0 Å². The predicted molar refractivity (Wildman–Crippen MR) is 167 cm³/mol. The number of hydrogen-bond donors (Lipinski definition) is 0. The summed E-state index contributed by atoms with van der Waals surface area (Å²) >= 11 is 0. The molecule has 0 aliphatic heterocycles. The molecule has 0 fully saturated rings. The lowest BCUT2D eigenvalue weighted by Crippen LogP contribution is -1.91. The smallest absolute Gasteiger partial charge is 0.143 e. The van der Waals surface area contributed by atoms with Gasteiger partial charge in [-0.25, -0.2) is 0 Å². The van der Waals surface area contributed by atoms with Crippen molar-refractivity contribution in [2.24, 2.45) is 0 Å². The fraction of sp³-hybridized carbons (Fsp3) is 0. The van der Waals surface area contributed by atoms with Crippen LogP contribution in [0.5, 0.6) is 0 Å². The van der Waals surface area contributed by atoms with Crippen molar-refractivity contribution in [3.63, 3.8) is 0 Å². The lowest BCUT2D eigenvalue weighted by Gasteiger charge is -2.14. The van der Waals surface area contributed by atoms with E-state index in [9.17, 15) is 10.5 Å². The van der Waals surface area contributed by atoms with Gasteiger partial charge in [0, 0.05) is 32.7 Å². The Labute approximate surface area is 240 Å². The monoisotopic (exact) mass is 536 g/mol. The Morgan fingerprint density at radius 1 is 0.429 bits per heavy atom. The average molecular weight is 537 g/mol. The Kier molecular flexibility index (Phi) is 5.22. The zero-order valence-corrected chi connectivity index (χ0v) is 22.3. The molecular formula is C38H20N2O2. The number of rotatable bonds is 3. The summed E-state index contributed by atoms with van der Waals surface area (Å²) in [5.41, 5.74) is 10.2. The molecule has 0 N–H and O–H groups in total. The minimum atomic E-state index is 0.595. The second-order valence-electron chi connectivity index (χ2n) is 10.3. The van der Waals surface area contributed by atoms with Crippen molar-refractivity contribution >= 4 is 43.9 Å². The summed E-state index contributed by atoms with van der Waals surface area (Å²) in [4.78, 5) is 0. The van der Waals surface area contributed by atoms with Gasteiger partial charge >= 0.3 is 0 Å². The van der Waals surface area contributed by atoms with Crippen LogP contribution in [-0.2, 0) is 0 Å². The van der Waals surface area contributed by atoms with Gasteiger partial charge in [-0.15, -0.1) is 0 Å². The Hall–Kier alpha value is -6.10. The van der Waals surface area contributed by atoms with Crippen LogP contribution in [0.2, 0.25) is 0 Å². The molecule has 4 nitrogen and oxygen atoms in total. The second-order valence-corrected chi connectivity index (χ2v) is 10.3. The normalized spacial score (nSPS) is 11.3. The molecule has 0 amide bonds. The molecule has 8 rings (SSSR count). The highest BCUT2D eigenvalue weighted by molar-refractivity contribution is 6.10. The van der Waals surface area contributed by atoms with Crippen molar-refractivity contribution in [1.29, 1.82) is 10.5 Å². The third-order valence-corrected chi connectivity index (χ3v) is 7.98. The molecule has 6 aromatic carbocycles. The number of para-hydroxylation sites is 2. The van der Waals surface area contributed by atoms with Crippen LogP contribution in [0.4, 0.5) is 0 Å². The first-order valence-corrected chi connectivity index (χ1v) is 13.6. The van der Waals surface area contributed by atoms with Gasteiger partial charge in [0.25, 0.3) is 0 Å².